The number of rotatable bonds is 0. The van der Waals surface area contributed by atoms with Crippen LogP contribution in [0.2, 0.25) is 0 Å². The van der Waals surface area contributed by atoms with E-state index in [-0.39, 0.29) is 0 Å². The van der Waals surface area contributed by atoms with Gasteiger partial charge >= 0.3 is 0 Å². The van der Waals surface area contributed by atoms with E-state index >= 15 is 0 Å². The van der Waals surface area contributed by atoms with E-state index in [0.29, 0.717) is 0 Å². The minimum absolute atomic E-state index is 0.991. The summed E-state index contributed by atoms with van der Waals surface area (Å²) in [5, 5.41) is 6.85. The molecule has 0 aliphatic carbocycles. The molecule has 1 aliphatic heterocycles. The predicted molar refractivity (Wildman–Crippen MR) is 56.1 cm³/mol. The Bertz CT molecular complexity index is 318. The molecule has 0 spiro atoms. The van der Waals surface area contributed by atoms with Crippen molar-refractivity contribution in [2.24, 2.45) is 0 Å². The average molecular weight is 176 g/mol. The molecule has 0 radical (unpaired) electrons. The van der Waals surface area contributed by atoms with Crippen molar-refractivity contribution in [1.29, 1.82) is 0 Å². The summed E-state index contributed by atoms with van der Waals surface area (Å²) in [5.74, 6) is 0. The molecule has 0 unspecified atom stereocenters. The van der Waals surface area contributed by atoms with Gasteiger partial charge < -0.3 is 10.6 Å². The summed E-state index contributed by atoms with van der Waals surface area (Å²) >= 11 is 0. The van der Waals surface area contributed by atoms with Gasteiger partial charge in [0.15, 0.2) is 0 Å². The van der Waals surface area contributed by atoms with Gasteiger partial charge in [-0.1, -0.05) is 17.7 Å². The van der Waals surface area contributed by atoms with Gasteiger partial charge in [-0.25, -0.2) is 0 Å². The average Bonchev–Trinajstić information content (AvgIpc) is 2.28. The molecule has 70 valence electrons. The lowest BCUT2D eigenvalue weighted by Crippen LogP contribution is -2.16. The highest BCUT2D eigenvalue weighted by molar-refractivity contribution is 5.59. The fourth-order valence-corrected chi connectivity index (χ4v) is 1.95. The molecule has 0 bridgehead atoms. The van der Waals surface area contributed by atoms with Crippen LogP contribution in [0.3, 0.4) is 0 Å². The van der Waals surface area contributed by atoms with Crippen molar-refractivity contribution in [3.8, 4) is 0 Å². The Morgan fingerprint density at radius 3 is 2.85 bits per heavy atom. The summed E-state index contributed by atoms with van der Waals surface area (Å²) in [6, 6.07) is 4.49. The first-order valence-corrected chi connectivity index (χ1v) is 4.82. The first kappa shape index (κ1) is 8.57. The zero-order valence-corrected chi connectivity index (χ0v) is 8.28. The molecule has 0 atom stereocenters. The molecule has 13 heavy (non-hydrogen) atoms. The quantitative estimate of drug-likeness (QED) is 0.630. The lowest BCUT2D eigenvalue weighted by Gasteiger charge is -2.11. The molecular weight excluding hydrogens is 160 g/mol. The maximum atomic E-state index is 3.46. The molecule has 2 N–H and O–H groups in total. The molecule has 2 nitrogen and oxygen atoms in total. The maximum Gasteiger partial charge on any atom is 0.0416 e. The van der Waals surface area contributed by atoms with Crippen LogP contribution in [0.4, 0.5) is 5.69 Å². The van der Waals surface area contributed by atoms with Crippen molar-refractivity contribution in [2.75, 3.05) is 18.4 Å². The number of aryl methyl sites for hydroxylation is 2. The minimum Gasteiger partial charge on any atom is -0.383 e. The summed E-state index contributed by atoms with van der Waals surface area (Å²) in [6.07, 6.45) is 0. The highest BCUT2D eigenvalue weighted by Crippen LogP contribution is 2.23. The summed E-state index contributed by atoms with van der Waals surface area (Å²) in [6.45, 7) is 7.39. The minimum atomic E-state index is 0.991. The van der Waals surface area contributed by atoms with Crippen molar-refractivity contribution in [3.63, 3.8) is 0 Å². The Hall–Kier alpha value is -1.02. The van der Waals surface area contributed by atoms with Crippen LogP contribution in [-0.4, -0.2) is 13.1 Å². The number of fused-ring (bicyclic) bond motifs is 1. The van der Waals surface area contributed by atoms with Crippen LogP contribution in [0.5, 0.6) is 0 Å². The van der Waals surface area contributed by atoms with Crippen LogP contribution in [0.15, 0.2) is 12.1 Å². The van der Waals surface area contributed by atoms with Gasteiger partial charge in [-0.3, -0.25) is 0 Å². The Kier molecular flexibility index (Phi) is 2.23. The first-order chi connectivity index (χ1) is 6.27. The van der Waals surface area contributed by atoms with Gasteiger partial charge in [-0.05, 0) is 25.0 Å². The van der Waals surface area contributed by atoms with Gasteiger partial charge in [-0.2, -0.15) is 0 Å². The molecule has 2 rings (SSSR count). The number of anilines is 1. The van der Waals surface area contributed by atoms with Crippen molar-refractivity contribution >= 4 is 5.69 Å². The summed E-state index contributed by atoms with van der Waals surface area (Å²) in [4.78, 5) is 0. The zero-order valence-electron chi connectivity index (χ0n) is 8.28. The van der Waals surface area contributed by atoms with Gasteiger partial charge in [0.05, 0.1) is 0 Å². The third-order valence-electron chi connectivity index (χ3n) is 2.48. The van der Waals surface area contributed by atoms with Crippen LogP contribution in [0.1, 0.15) is 16.7 Å². The van der Waals surface area contributed by atoms with Crippen LogP contribution in [0.25, 0.3) is 0 Å². The SMILES string of the molecule is Cc1cc(C)c2c(c1)CNCCN2. The molecule has 2 heteroatoms. The maximum absolute atomic E-state index is 3.46. The monoisotopic (exact) mass is 176 g/mol. The molecule has 1 aliphatic rings. The molecule has 0 saturated carbocycles. The highest BCUT2D eigenvalue weighted by atomic mass is 15.0. The van der Waals surface area contributed by atoms with Crippen molar-refractivity contribution in [3.05, 3.63) is 28.8 Å². The van der Waals surface area contributed by atoms with E-state index in [0.717, 1.165) is 19.6 Å². The smallest absolute Gasteiger partial charge is 0.0416 e. The molecule has 1 aromatic carbocycles. The molecule has 1 heterocycles. The van der Waals surface area contributed by atoms with Crippen LogP contribution >= 0.6 is 0 Å². The Morgan fingerprint density at radius 1 is 1.15 bits per heavy atom. The normalized spacial score (nSPS) is 15.8. The summed E-state index contributed by atoms with van der Waals surface area (Å²) < 4.78 is 0. The topological polar surface area (TPSA) is 24.1 Å². The van der Waals surface area contributed by atoms with Crippen LogP contribution in [-0.2, 0) is 6.54 Å². The zero-order chi connectivity index (χ0) is 9.26. The molecule has 0 amide bonds. The van der Waals surface area contributed by atoms with E-state index in [9.17, 15) is 0 Å². The van der Waals surface area contributed by atoms with Crippen LogP contribution < -0.4 is 10.6 Å². The number of hydrogen-bond donors (Lipinski definition) is 2. The second-order valence-electron chi connectivity index (χ2n) is 3.72. The third-order valence-corrected chi connectivity index (χ3v) is 2.48. The molecule has 0 saturated heterocycles. The van der Waals surface area contributed by atoms with Crippen molar-refractivity contribution in [2.45, 2.75) is 20.4 Å². The van der Waals surface area contributed by atoms with Gasteiger partial charge in [0, 0.05) is 25.3 Å². The van der Waals surface area contributed by atoms with Crippen molar-refractivity contribution < 1.29 is 0 Å². The summed E-state index contributed by atoms with van der Waals surface area (Å²) in [7, 11) is 0. The second kappa shape index (κ2) is 3.38. The van der Waals surface area contributed by atoms with E-state index in [1.54, 1.807) is 0 Å². The second-order valence-corrected chi connectivity index (χ2v) is 3.72. The fraction of sp³-hybridized carbons (Fsp3) is 0.455. The first-order valence-electron chi connectivity index (χ1n) is 4.82. The third kappa shape index (κ3) is 1.68. The van der Waals surface area contributed by atoms with Gasteiger partial charge in [0.25, 0.3) is 0 Å². The predicted octanol–water partition coefficient (Wildman–Crippen LogP) is 1.82. The van der Waals surface area contributed by atoms with E-state index in [1.165, 1.54) is 22.4 Å². The molecule has 1 aromatic rings. The largest absolute Gasteiger partial charge is 0.383 e. The standard InChI is InChI=1S/C11H16N2/c1-8-5-9(2)11-10(6-8)7-12-3-4-13-11/h5-6,12-13H,3-4,7H2,1-2H3. The summed E-state index contributed by atoms with van der Waals surface area (Å²) in [5.41, 5.74) is 5.44. The van der Waals surface area contributed by atoms with Gasteiger partial charge in [0.2, 0.25) is 0 Å². The van der Waals surface area contributed by atoms with Gasteiger partial charge in [0.1, 0.15) is 0 Å². The Morgan fingerprint density at radius 2 is 2.00 bits per heavy atom. The Labute approximate surface area is 79.4 Å². The van der Waals surface area contributed by atoms with Crippen molar-refractivity contribution in [1.82, 2.24) is 5.32 Å². The molecule has 0 aromatic heterocycles. The number of nitrogens with one attached hydrogen (secondary N) is 2. The molecular formula is C11H16N2. The van der Waals surface area contributed by atoms with E-state index in [1.807, 2.05) is 0 Å². The van der Waals surface area contributed by atoms with Crippen LogP contribution in [0, 0.1) is 13.8 Å². The van der Waals surface area contributed by atoms with Gasteiger partial charge in [-0.15, -0.1) is 0 Å². The molecule has 0 fully saturated rings. The van der Waals surface area contributed by atoms with E-state index in [2.05, 4.69) is 36.6 Å². The highest BCUT2D eigenvalue weighted by Gasteiger charge is 2.08. The van der Waals surface area contributed by atoms with E-state index < -0.39 is 0 Å². The van der Waals surface area contributed by atoms with E-state index in [4.69, 9.17) is 0 Å². The lowest BCUT2D eigenvalue weighted by atomic mass is 10.0. The Balaban J connectivity index is 2.47. The lowest BCUT2D eigenvalue weighted by molar-refractivity contribution is 0.725. The number of hydrogen-bond acceptors (Lipinski definition) is 2. The number of benzene rings is 1. The fourth-order valence-electron chi connectivity index (χ4n) is 1.95.